The van der Waals surface area contributed by atoms with Gasteiger partial charge in [-0.1, -0.05) is 132 Å². The Morgan fingerprint density at radius 3 is 1.69 bits per heavy atom. The molecule has 10 heteroatoms. The van der Waals surface area contributed by atoms with E-state index in [9.17, 15) is 19.0 Å². The van der Waals surface area contributed by atoms with Gasteiger partial charge in [-0.15, -0.1) is 0 Å². The Bertz CT molecular complexity index is 976. The summed E-state index contributed by atoms with van der Waals surface area (Å²) in [6.07, 6.45) is 38.3. The van der Waals surface area contributed by atoms with Gasteiger partial charge in [0.25, 0.3) is 0 Å². The quantitative estimate of drug-likeness (QED) is 0.0298. The number of carbonyl (C=O) groups excluding carboxylic acids is 2. The molecule has 2 atom stereocenters. The molecular weight excluding hydrogens is 629 g/mol. The van der Waals surface area contributed by atoms with Crippen LogP contribution in [0.3, 0.4) is 0 Å². The number of phosphoric ester groups is 1. The van der Waals surface area contributed by atoms with E-state index in [0.29, 0.717) is 12.8 Å². The minimum atomic E-state index is -4.38. The van der Waals surface area contributed by atoms with Crippen LogP contribution in [0.25, 0.3) is 0 Å². The summed E-state index contributed by atoms with van der Waals surface area (Å²) in [7, 11) is -4.38. The van der Waals surface area contributed by atoms with Gasteiger partial charge in [0.05, 0.1) is 13.2 Å². The lowest BCUT2D eigenvalue weighted by molar-refractivity contribution is -0.161. The zero-order chi connectivity index (χ0) is 35.4. The number of rotatable bonds is 33. The Morgan fingerprint density at radius 2 is 1.15 bits per heavy atom. The van der Waals surface area contributed by atoms with Crippen molar-refractivity contribution >= 4 is 19.8 Å². The Kier molecular flexibility index (Phi) is 32.9. The van der Waals surface area contributed by atoms with E-state index in [0.717, 1.165) is 57.8 Å². The van der Waals surface area contributed by atoms with Gasteiger partial charge in [-0.2, -0.15) is 0 Å². The zero-order valence-electron chi connectivity index (χ0n) is 29.9. The van der Waals surface area contributed by atoms with Crippen molar-refractivity contribution in [3.05, 3.63) is 60.8 Å². The number of allylic oxidation sites excluding steroid dienone is 10. The molecule has 0 amide bonds. The molecule has 9 nitrogen and oxygen atoms in total. The lowest BCUT2D eigenvalue weighted by atomic mass is 10.1. The summed E-state index contributed by atoms with van der Waals surface area (Å²) < 4.78 is 32.5. The van der Waals surface area contributed by atoms with E-state index >= 15 is 0 Å². The third kappa shape index (κ3) is 33.6. The smallest absolute Gasteiger partial charge is 0.462 e. The fourth-order valence-corrected chi connectivity index (χ4v) is 5.26. The first kappa shape index (κ1) is 45.7. The topological polar surface area (TPSA) is 134 Å². The van der Waals surface area contributed by atoms with Gasteiger partial charge in [-0.25, -0.2) is 4.57 Å². The van der Waals surface area contributed by atoms with Crippen LogP contribution < -0.4 is 5.73 Å². The largest absolute Gasteiger partial charge is 0.472 e. The third-order valence-corrected chi connectivity index (χ3v) is 8.15. The average molecular weight is 696 g/mol. The Hall–Kier alpha value is -2.29. The maximum Gasteiger partial charge on any atom is 0.472 e. The second kappa shape index (κ2) is 34.6. The predicted molar refractivity (Wildman–Crippen MR) is 196 cm³/mol. The number of hydrogen-bond donors (Lipinski definition) is 2. The molecule has 0 saturated carbocycles. The maximum atomic E-state index is 12.5. The lowest BCUT2D eigenvalue weighted by Gasteiger charge is -2.19. The van der Waals surface area contributed by atoms with E-state index < -0.39 is 32.5 Å². The van der Waals surface area contributed by atoms with Crippen molar-refractivity contribution in [2.24, 2.45) is 5.73 Å². The van der Waals surface area contributed by atoms with Crippen LogP contribution in [0.1, 0.15) is 136 Å². The van der Waals surface area contributed by atoms with Crippen LogP contribution in [0, 0.1) is 0 Å². The maximum absolute atomic E-state index is 12.5. The molecule has 0 aliphatic heterocycles. The van der Waals surface area contributed by atoms with Gasteiger partial charge in [-0.05, 0) is 51.4 Å². The molecule has 276 valence electrons. The molecule has 0 aromatic heterocycles. The molecule has 0 aliphatic rings. The number of ether oxygens (including phenoxy) is 2. The summed E-state index contributed by atoms with van der Waals surface area (Å²) >= 11 is 0. The minimum absolute atomic E-state index is 0.0441. The first-order valence-corrected chi connectivity index (χ1v) is 19.8. The van der Waals surface area contributed by atoms with E-state index in [-0.39, 0.29) is 32.6 Å². The van der Waals surface area contributed by atoms with Gasteiger partial charge in [0.2, 0.25) is 0 Å². The van der Waals surface area contributed by atoms with Crippen molar-refractivity contribution < 1.29 is 37.6 Å². The van der Waals surface area contributed by atoms with Gasteiger partial charge >= 0.3 is 19.8 Å². The summed E-state index contributed by atoms with van der Waals surface area (Å²) in [5.41, 5.74) is 5.32. The third-order valence-electron chi connectivity index (χ3n) is 7.17. The highest BCUT2D eigenvalue weighted by atomic mass is 31.2. The monoisotopic (exact) mass is 695 g/mol. The Labute approximate surface area is 291 Å². The molecule has 0 radical (unpaired) electrons. The van der Waals surface area contributed by atoms with E-state index in [4.69, 9.17) is 24.3 Å². The Balaban J connectivity index is 4.34. The number of esters is 2. The molecule has 48 heavy (non-hydrogen) atoms. The molecule has 0 rings (SSSR count). The van der Waals surface area contributed by atoms with Crippen molar-refractivity contribution in [2.75, 3.05) is 26.4 Å². The Morgan fingerprint density at radius 1 is 0.646 bits per heavy atom. The summed E-state index contributed by atoms with van der Waals surface area (Å²) in [6.45, 7) is 3.50. The fraction of sp³-hybridized carbons (Fsp3) is 0.684. The van der Waals surface area contributed by atoms with Gasteiger partial charge in [0.15, 0.2) is 6.10 Å². The van der Waals surface area contributed by atoms with E-state index in [1.807, 2.05) is 6.08 Å². The molecule has 0 heterocycles. The van der Waals surface area contributed by atoms with Crippen LogP contribution in [-0.4, -0.2) is 49.3 Å². The van der Waals surface area contributed by atoms with E-state index in [2.05, 4.69) is 68.5 Å². The van der Waals surface area contributed by atoms with Gasteiger partial charge in [-0.3, -0.25) is 18.6 Å². The van der Waals surface area contributed by atoms with Crippen LogP contribution in [0.15, 0.2) is 60.8 Å². The van der Waals surface area contributed by atoms with Crippen molar-refractivity contribution in [2.45, 2.75) is 142 Å². The highest BCUT2D eigenvalue weighted by Crippen LogP contribution is 2.43. The van der Waals surface area contributed by atoms with Crippen molar-refractivity contribution in [1.29, 1.82) is 0 Å². The van der Waals surface area contributed by atoms with Crippen LogP contribution in [0.2, 0.25) is 0 Å². The van der Waals surface area contributed by atoms with Gasteiger partial charge in [0, 0.05) is 19.4 Å². The molecule has 0 bridgehead atoms. The summed E-state index contributed by atoms with van der Waals surface area (Å²) in [5.74, 6) is -0.905. The summed E-state index contributed by atoms with van der Waals surface area (Å²) in [6, 6.07) is 0. The van der Waals surface area contributed by atoms with Crippen molar-refractivity contribution in [3.8, 4) is 0 Å². The molecule has 3 N–H and O–H groups in total. The number of carbonyl (C=O) groups is 2. The van der Waals surface area contributed by atoms with Crippen molar-refractivity contribution in [1.82, 2.24) is 0 Å². The molecule has 0 fully saturated rings. The number of hydrogen-bond acceptors (Lipinski definition) is 8. The SMILES string of the molecule is CC/C=C/C/C=C/C/C=C/C/C=C/C/C=C/CCCC(=O)OC[C@@H](COP(=O)(O)OCCN)OC(=O)CCCCCCCCCCCC. The molecular formula is C38H66NO8P. The second-order valence-corrected chi connectivity index (χ2v) is 13.2. The second-order valence-electron chi connectivity index (χ2n) is 11.7. The van der Waals surface area contributed by atoms with E-state index in [1.54, 1.807) is 0 Å². The summed E-state index contributed by atoms with van der Waals surface area (Å²) in [5, 5.41) is 0. The number of unbranched alkanes of at least 4 members (excludes halogenated alkanes) is 10. The molecule has 0 aromatic carbocycles. The van der Waals surface area contributed by atoms with E-state index in [1.165, 1.54) is 38.5 Å². The average Bonchev–Trinajstić information content (AvgIpc) is 3.07. The molecule has 1 unspecified atom stereocenters. The van der Waals surface area contributed by atoms with Crippen LogP contribution in [-0.2, 0) is 32.7 Å². The lowest BCUT2D eigenvalue weighted by Crippen LogP contribution is -2.29. The first-order valence-electron chi connectivity index (χ1n) is 18.3. The minimum Gasteiger partial charge on any atom is -0.462 e. The molecule has 0 spiro atoms. The van der Waals surface area contributed by atoms with Crippen LogP contribution >= 0.6 is 7.82 Å². The molecule has 0 saturated heterocycles. The fourth-order valence-electron chi connectivity index (χ4n) is 4.49. The predicted octanol–water partition coefficient (Wildman–Crippen LogP) is 9.77. The zero-order valence-corrected chi connectivity index (χ0v) is 30.8. The van der Waals surface area contributed by atoms with Crippen LogP contribution in [0.5, 0.6) is 0 Å². The standard InChI is InChI=1S/C38H66NO8P/c1-3-5-7-9-11-13-15-16-17-18-19-20-21-23-24-26-28-30-37(40)44-34-36(35-46-48(42,43)45-33-32-39)47-38(41)31-29-27-25-22-14-12-10-8-6-4-2/h5,7,11,13,16-17,19-20,23-24,36H,3-4,6,8-10,12,14-15,18,21-22,25-35,39H2,1-2H3,(H,42,43)/b7-5+,13-11+,17-16+,20-19+,24-23+/t36-/m0/s1. The number of phosphoric acid groups is 1. The molecule has 0 aromatic rings. The van der Waals surface area contributed by atoms with Crippen molar-refractivity contribution in [3.63, 3.8) is 0 Å². The first-order chi connectivity index (χ1) is 23.3. The highest BCUT2D eigenvalue weighted by molar-refractivity contribution is 7.47. The summed E-state index contributed by atoms with van der Waals surface area (Å²) in [4.78, 5) is 34.6. The number of nitrogens with two attached hydrogens (primary N) is 1. The normalized spacial score (nSPS) is 14.2. The molecule has 0 aliphatic carbocycles. The highest BCUT2D eigenvalue weighted by Gasteiger charge is 2.25. The van der Waals surface area contributed by atoms with Gasteiger partial charge in [0.1, 0.15) is 6.61 Å². The van der Waals surface area contributed by atoms with Gasteiger partial charge < -0.3 is 20.1 Å². The van der Waals surface area contributed by atoms with Crippen LogP contribution in [0.4, 0.5) is 0 Å².